The van der Waals surface area contributed by atoms with E-state index in [0.717, 1.165) is 31.2 Å². The second kappa shape index (κ2) is 10.6. The molecule has 194 valence electrons. The molecule has 1 aliphatic carbocycles. The van der Waals surface area contributed by atoms with Crippen molar-refractivity contribution in [3.63, 3.8) is 0 Å². The second-order valence-corrected chi connectivity index (χ2v) is 9.62. The lowest BCUT2D eigenvalue weighted by molar-refractivity contribution is -0.133. The van der Waals surface area contributed by atoms with Crippen molar-refractivity contribution >= 4 is 17.7 Å². The first-order valence-electron chi connectivity index (χ1n) is 12.5. The lowest BCUT2D eigenvalue weighted by Crippen LogP contribution is -2.65. The Morgan fingerprint density at radius 3 is 2.58 bits per heavy atom. The molecule has 1 atom stereocenters. The molecule has 2 aromatic rings. The Morgan fingerprint density at radius 2 is 1.92 bits per heavy atom. The number of benzene rings is 1. The standard InChI is InChI=1S/C26H35N5O5/c1-5-12-30-24(33)21-14-20(23(32)27-15-17-10-11-19(35-3)13-22(17)36-4)29-31(21)16-26(30,2)25(34)28-18-8-6-7-9-18/h10-11,13-14,18H,5-9,12,15-16H2,1-4H3,(H,27,32)(H,28,34)/t26-/m0/s1. The molecule has 2 heterocycles. The third-order valence-electron chi connectivity index (χ3n) is 7.09. The van der Waals surface area contributed by atoms with Gasteiger partial charge in [0, 0.05) is 36.8 Å². The van der Waals surface area contributed by atoms with Gasteiger partial charge in [0.05, 0.1) is 20.8 Å². The van der Waals surface area contributed by atoms with Crippen LogP contribution in [0.4, 0.5) is 0 Å². The maximum atomic E-state index is 13.4. The molecule has 10 nitrogen and oxygen atoms in total. The van der Waals surface area contributed by atoms with Crippen LogP contribution in [0.2, 0.25) is 0 Å². The number of methoxy groups -OCH3 is 2. The van der Waals surface area contributed by atoms with Gasteiger partial charge in [-0.25, -0.2) is 0 Å². The van der Waals surface area contributed by atoms with E-state index < -0.39 is 11.4 Å². The van der Waals surface area contributed by atoms with Crippen molar-refractivity contribution in [2.45, 2.75) is 70.6 Å². The molecule has 36 heavy (non-hydrogen) atoms. The van der Waals surface area contributed by atoms with Crippen molar-refractivity contribution in [2.24, 2.45) is 0 Å². The highest BCUT2D eigenvalue weighted by Crippen LogP contribution is 2.29. The highest BCUT2D eigenvalue weighted by atomic mass is 16.5. The number of hydrogen-bond donors (Lipinski definition) is 2. The fraction of sp³-hybridized carbons (Fsp3) is 0.538. The summed E-state index contributed by atoms with van der Waals surface area (Å²) < 4.78 is 12.1. The minimum absolute atomic E-state index is 0.128. The number of aromatic nitrogens is 2. The Kier molecular flexibility index (Phi) is 7.51. The molecule has 2 N–H and O–H groups in total. The van der Waals surface area contributed by atoms with Crippen LogP contribution in [0.3, 0.4) is 0 Å². The van der Waals surface area contributed by atoms with Crippen molar-refractivity contribution in [2.75, 3.05) is 20.8 Å². The van der Waals surface area contributed by atoms with Crippen molar-refractivity contribution in [3.8, 4) is 11.5 Å². The van der Waals surface area contributed by atoms with Gasteiger partial charge < -0.3 is 25.0 Å². The van der Waals surface area contributed by atoms with Gasteiger partial charge in [-0.2, -0.15) is 5.10 Å². The molecular weight excluding hydrogens is 462 g/mol. The Bertz CT molecular complexity index is 1140. The van der Waals surface area contributed by atoms with Gasteiger partial charge in [-0.1, -0.05) is 19.8 Å². The van der Waals surface area contributed by atoms with Crippen LogP contribution >= 0.6 is 0 Å². The molecule has 4 rings (SSSR count). The fourth-order valence-corrected chi connectivity index (χ4v) is 5.00. The van der Waals surface area contributed by atoms with Crippen LogP contribution in [-0.2, 0) is 17.9 Å². The molecule has 2 aliphatic rings. The quantitative estimate of drug-likeness (QED) is 0.550. The molecule has 1 aliphatic heterocycles. The Labute approximate surface area is 211 Å². The average Bonchev–Trinajstić information content (AvgIpc) is 3.55. The minimum Gasteiger partial charge on any atom is -0.497 e. The van der Waals surface area contributed by atoms with Crippen LogP contribution in [0, 0.1) is 0 Å². The first-order valence-corrected chi connectivity index (χ1v) is 12.5. The van der Waals surface area contributed by atoms with Gasteiger partial charge >= 0.3 is 0 Å². The zero-order valence-corrected chi connectivity index (χ0v) is 21.4. The van der Waals surface area contributed by atoms with E-state index in [0.29, 0.717) is 30.2 Å². The zero-order valence-electron chi connectivity index (χ0n) is 21.4. The summed E-state index contributed by atoms with van der Waals surface area (Å²) in [6.07, 6.45) is 4.83. The summed E-state index contributed by atoms with van der Waals surface area (Å²) in [5.74, 6) is 0.360. The van der Waals surface area contributed by atoms with E-state index in [-0.39, 0.29) is 36.6 Å². The lowest BCUT2D eigenvalue weighted by Gasteiger charge is -2.43. The molecule has 1 saturated carbocycles. The van der Waals surface area contributed by atoms with Crippen LogP contribution < -0.4 is 20.1 Å². The number of carbonyl (C=O) groups is 3. The molecule has 3 amide bonds. The van der Waals surface area contributed by atoms with Gasteiger partial charge in [-0.15, -0.1) is 0 Å². The topological polar surface area (TPSA) is 115 Å². The van der Waals surface area contributed by atoms with Crippen LogP contribution in [0.1, 0.15) is 72.5 Å². The van der Waals surface area contributed by atoms with Crippen LogP contribution in [0.5, 0.6) is 11.5 Å². The van der Waals surface area contributed by atoms with E-state index in [1.807, 2.05) is 13.0 Å². The molecule has 10 heteroatoms. The highest BCUT2D eigenvalue weighted by Gasteiger charge is 2.48. The lowest BCUT2D eigenvalue weighted by atomic mass is 9.94. The maximum Gasteiger partial charge on any atom is 0.273 e. The van der Waals surface area contributed by atoms with E-state index in [1.165, 1.54) is 10.7 Å². The van der Waals surface area contributed by atoms with Gasteiger partial charge in [-0.05, 0) is 38.3 Å². The summed E-state index contributed by atoms with van der Waals surface area (Å²) in [5.41, 5.74) is 0.125. The third-order valence-corrected chi connectivity index (χ3v) is 7.09. The summed E-state index contributed by atoms with van der Waals surface area (Å²) in [5, 5.41) is 10.4. The van der Waals surface area contributed by atoms with E-state index in [1.54, 1.807) is 38.2 Å². The molecule has 1 aromatic carbocycles. The van der Waals surface area contributed by atoms with Gasteiger partial charge in [-0.3, -0.25) is 19.1 Å². The molecule has 0 unspecified atom stereocenters. The number of hydrogen-bond acceptors (Lipinski definition) is 6. The van der Waals surface area contributed by atoms with Crippen LogP contribution in [0.15, 0.2) is 24.3 Å². The summed E-state index contributed by atoms with van der Waals surface area (Å²) in [4.78, 5) is 41.4. The second-order valence-electron chi connectivity index (χ2n) is 9.62. The Balaban J connectivity index is 1.52. The minimum atomic E-state index is -1.08. The van der Waals surface area contributed by atoms with Crippen LogP contribution in [-0.4, -0.2) is 64.7 Å². The number of nitrogens with zero attached hydrogens (tertiary/aromatic N) is 3. The van der Waals surface area contributed by atoms with E-state index in [9.17, 15) is 14.4 Å². The average molecular weight is 498 g/mol. The van der Waals surface area contributed by atoms with E-state index >= 15 is 0 Å². The largest absolute Gasteiger partial charge is 0.497 e. The summed E-state index contributed by atoms with van der Waals surface area (Å²) in [7, 11) is 3.13. The first-order chi connectivity index (χ1) is 17.3. The first kappa shape index (κ1) is 25.5. The number of carbonyl (C=O) groups excluding carboxylic acids is 3. The molecular formula is C26H35N5O5. The van der Waals surface area contributed by atoms with Crippen molar-refractivity contribution < 1.29 is 23.9 Å². The van der Waals surface area contributed by atoms with Crippen molar-refractivity contribution in [3.05, 3.63) is 41.2 Å². The van der Waals surface area contributed by atoms with E-state index in [2.05, 4.69) is 15.7 Å². The smallest absolute Gasteiger partial charge is 0.273 e. The predicted molar refractivity (Wildman–Crippen MR) is 133 cm³/mol. The van der Waals surface area contributed by atoms with Gasteiger partial charge in [0.1, 0.15) is 22.7 Å². The number of rotatable bonds is 9. The van der Waals surface area contributed by atoms with Gasteiger partial charge in [0.2, 0.25) is 5.91 Å². The summed E-state index contributed by atoms with van der Waals surface area (Å²) in [6, 6.07) is 6.99. The molecule has 0 spiro atoms. The van der Waals surface area contributed by atoms with Gasteiger partial charge in [0.25, 0.3) is 11.8 Å². The normalized spacial score (nSPS) is 19.7. The summed E-state index contributed by atoms with van der Waals surface area (Å²) >= 11 is 0. The maximum absolute atomic E-state index is 13.4. The molecule has 1 fully saturated rings. The molecule has 0 saturated heterocycles. The van der Waals surface area contributed by atoms with Crippen LogP contribution in [0.25, 0.3) is 0 Å². The monoisotopic (exact) mass is 497 g/mol. The Morgan fingerprint density at radius 1 is 1.17 bits per heavy atom. The zero-order chi connectivity index (χ0) is 25.9. The molecule has 0 radical (unpaired) electrons. The SMILES string of the molecule is CCCN1C(=O)c2cc(C(=O)NCc3ccc(OC)cc3OC)nn2C[C@@]1(C)C(=O)NC1CCCC1. The fourth-order valence-electron chi connectivity index (χ4n) is 5.00. The number of fused-ring (bicyclic) bond motifs is 1. The molecule has 1 aromatic heterocycles. The molecule has 0 bridgehead atoms. The third kappa shape index (κ3) is 4.89. The van der Waals surface area contributed by atoms with E-state index in [4.69, 9.17) is 9.47 Å². The summed E-state index contributed by atoms with van der Waals surface area (Å²) in [6.45, 7) is 4.60. The van der Waals surface area contributed by atoms with Gasteiger partial charge in [0.15, 0.2) is 5.69 Å². The highest BCUT2D eigenvalue weighted by molar-refractivity contribution is 6.02. The predicted octanol–water partition coefficient (Wildman–Crippen LogP) is 2.51. The number of amides is 3. The number of nitrogens with one attached hydrogen (secondary N) is 2. The van der Waals surface area contributed by atoms with Crippen molar-refractivity contribution in [1.82, 2.24) is 25.3 Å². The Hall–Kier alpha value is -3.56. The number of ether oxygens (including phenoxy) is 2. The van der Waals surface area contributed by atoms with Crippen molar-refractivity contribution in [1.29, 1.82) is 0 Å².